The van der Waals surface area contributed by atoms with E-state index in [0.29, 0.717) is 11.9 Å². The molecule has 0 aliphatic carbocycles. The Bertz CT molecular complexity index is 451. The highest BCUT2D eigenvalue weighted by atomic mass is 16.3. The summed E-state index contributed by atoms with van der Waals surface area (Å²) >= 11 is 0. The maximum absolute atomic E-state index is 9.60. The summed E-state index contributed by atoms with van der Waals surface area (Å²) in [5.41, 5.74) is 7.06. The Hall–Kier alpha value is -1.17. The maximum Gasteiger partial charge on any atom is 0.127 e. The number of anilines is 1. The number of pyridine rings is 1. The standard InChI is InChI=1S/C16H26N4O/c17-16-13(2-1-7-18-16)12-19-8-3-14(4-9-19)20-10-5-15(21)6-11-20/h1-2,7,14-15,21H,3-6,8-12H2,(H2,17,18). The van der Waals surface area contributed by atoms with Crippen molar-refractivity contribution < 1.29 is 5.11 Å². The predicted octanol–water partition coefficient (Wildman–Crippen LogP) is 1.08. The molecular weight excluding hydrogens is 264 g/mol. The summed E-state index contributed by atoms with van der Waals surface area (Å²) in [7, 11) is 0. The van der Waals surface area contributed by atoms with Gasteiger partial charge in [0.1, 0.15) is 5.82 Å². The van der Waals surface area contributed by atoms with Crippen molar-refractivity contribution in [2.45, 2.75) is 44.4 Å². The summed E-state index contributed by atoms with van der Waals surface area (Å²) < 4.78 is 0. The highest BCUT2D eigenvalue weighted by molar-refractivity contribution is 5.38. The molecule has 1 aromatic rings. The van der Waals surface area contributed by atoms with Gasteiger partial charge in [0.2, 0.25) is 0 Å². The zero-order valence-electron chi connectivity index (χ0n) is 12.6. The van der Waals surface area contributed by atoms with Crippen molar-refractivity contribution in [1.29, 1.82) is 0 Å². The quantitative estimate of drug-likeness (QED) is 0.872. The Morgan fingerprint density at radius 2 is 1.86 bits per heavy atom. The molecule has 0 unspecified atom stereocenters. The molecule has 0 saturated carbocycles. The SMILES string of the molecule is Nc1ncccc1CN1CCC(N2CCC(O)CC2)CC1. The number of aliphatic hydroxyl groups is 1. The van der Waals surface area contributed by atoms with Crippen molar-refractivity contribution in [3.8, 4) is 0 Å². The number of nitrogens with two attached hydrogens (primary N) is 1. The van der Waals surface area contributed by atoms with Crippen LogP contribution in [0.25, 0.3) is 0 Å². The summed E-state index contributed by atoms with van der Waals surface area (Å²) in [6.07, 6.45) is 5.98. The highest BCUT2D eigenvalue weighted by Crippen LogP contribution is 2.22. The van der Waals surface area contributed by atoms with E-state index in [4.69, 9.17) is 5.73 Å². The average Bonchev–Trinajstić information content (AvgIpc) is 2.51. The van der Waals surface area contributed by atoms with Crippen molar-refractivity contribution in [3.05, 3.63) is 23.9 Å². The Kier molecular flexibility index (Phi) is 4.73. The van der Waals surface area contributed by atoms with Gasteiger partial charge in [-0.15, -0.1) is 0 Å². The minimum Gasteiger partial charge on any atom is -0.393 e. The van der Waals surface area contributed by atoms with Crippen molar-refractivity contribution in [1.82, 2.24) is 14.8 Å². The lowest BCUT2D eigenvalue weighted by Gasteiger charge is -2.41. The van der Waals surface area contributed by atoms with Crippen LogP contribution in [-0.4, -0.2) is 58.2 Å². The normalized spacial score (nSPS) is 23.5. The van der Waals surface area contributed by atoms with Crippen LogP contribution in [0.5, 0.6) is 0 Å². The Morgan fingerprint density at radius 1 is 1.14 bits per heavy atom. The van der Waals surface area contributed by atoms with Gasteiger partial charge in [0, 0.05) is 37.4 Å². The summed E-state index contributed by atoms with van der Waals surface area (Å²) in [5, 5.41) is 9.60. The van der Waals surface area contributed by atoms with E-state index in [1.54, 1.807) is 6.20 Å². The second-order valence-corrected chi connectivity index (χ2v) is 6.32. The minimum absolute atomic E-state index is 0.0742. The van der Waals surface area contributed by atoms with Gasteiger partial charge in [-0.05, 0) is 44.8 Å². The molecule has 2 saturated heterocycles. The van der Waals surface area contributed by atoms with Crippen LogP contribution in [0.2, 0.25) is 0 Å². The Labute approximate surface area is 126 Å². The second kappa shape index (κ2) is 6.73. The number of hydrogen-bond donors (Lipinski definition) is 2. The number of hydrogen-bond acceptors (Lipinski definition) is 5. The van der Waals surface area contributed by atoms with E-state index < -0.39 is 0 Å². The number of nitrogen functional groups attached to an aromatic ring is 1. The fraction of sp³-hybridized carbons (Fsp3) is 0.688. The van der Waals surface area contributed by atoms with E-state index >= 15 is 0 Å². The summed E-state index contributed by atoms with van der Waals surface area (Å²) in [4.78, 5) is 9.21. The predicted molar refractivity (Wildman–Crippen MR) is 83.8 cm³/mol. The molecule has 0 bridgehead atoms. The largest absolute Gasteiger partial charge is 0.393 e. The third-order valence-corrected chi connectivity index (χ3v) is 4.89. The van der Waals surface area contributed by atoms with Gasteiger partial charge in [-0.3, -0.25) is 4.90 Å². The van der Waals surface area contributed by atoms with Gasteiger partial charge in [0.15, 0.2) is 0 Å². The number of rotatable bonds is 3. The molecule has 5 nitrogen and oxygen atoms in total. The van der Waals surface area contributed by atoms with E-state index in [-0.39, 0.29) is 6.10 Å². The lowest BCUT2D eigenvalue weighted by molar-refractivity contribution is 0.0376. The van der Waals surface area contributed by atoms with Crippen LogP contribution >= 0.6 is 0 Å². The molecule has 0 radical (unpaired) electrons. The van der Waals surface area contributed by atoms with E-state index in [2.05, 4.69) is 20.9 Å². The van der Waals surface area contributed by atoms with Gasteiger partial charge in [-0.1, -0.05) is 6.07 Å². The lowest BCUT2D eigenvalue weighted by Crippen LogP contribution is -2.48. The molecule has 3 N–H and O–H groups in total. The second-order valence-electron chi connectivity index (χ2n) is 6.32. The first-order valence-corrected chi connectivity index (χ1v) is 8.06. The van der Waals surface area contributed by atoms with Gasteiger partial charge < -0.3 is 15.7 Å². The summed E-state index contributed by atoms with van der Waals surface area (Å²) in [6, 6.07) is 4.72. The number of nitrogens with zero attached hydrogens (tertiary/aromatic N) is 3. The number of likely N-dealkylation sites (tertiary alicyclic amines) is 2. The molecule has 0 atom stereocenters. The molecule has 21 heavy (non-hydrogen) atoms. The van der Waals surface area contributed by atoms with E-state index in [0.717, 1.165) is 51.1 Å². The average molecular weight is 290 g/mol. The molecule has 2 fully saturated rings. The minimum atomic E-state index is -0.0742. The third kappa shape index (κ3) is 3.73. The fourth-order valence-electron chi connectivity index (χ4n) is 3.52. The first-order chi connectivity index (χ1) is 10.2. The molecule has 5 heteroatoms. The fourth-order valence-corrected chi connectivity index (χ4v) is 3.52. The molecule has 116 valence electrons. The lowest BCUT2D eigenvalue weighted by atomic mass is 9.98. The molecule has 3 heterocycles. The van der Waals surface area contributed by atoms with Crippen molar-refractivity contribution >= 4 is 5.82 Å². The van der Waals surface area contributed by atoms with Crippen molar-refractivity contribution in [3.63, 3.8) is 0 Å². The molecule has 2 aliphatic rings. The number of aliphatic hydroxyl groups excluding tert-OH is 1. The third-order valence-electron chi connectivity index (χ3n) is 4.89. The molecule has 1 aromatic heterocycles. The summed E-state index contributed by atoms with van der Waals surface area (Å²) in [5.74, 6) is 0.657. The van der Waals surface area contributed by atoms with Crippen LogP contribution in [0, 0.1) is 0 Å². The maximum atomic E-state index is 9.60. The van der Waals surface area contributed by atoms with Crippen LogP contribution in [0.15, 0.2) is 18.3 Å². The van der Waals surface area contributed by atoms with Gasteiger partial charge in [-0.2, -0.15) is 0 Å². The van der Waals surface area contributed by atoms with Gasteiger partial charge in [-0.25, -0.2) is 4.98 Å². The smallest absolute Gasteiger partial charge is 0.127 e. The zero-order chi connectivity index (χ0) is 14.7. The number of piperidine rings is 2. The van der Waals surface area contributed by atoms with E-state index in [1.165, 1.54) is 12.8 Å². The van der Waals surface area contributed by atoms with Crippen LogP contribution in [-0.2, 0) is 6.54 Å². The Morgan fingerprint density at radius 3 is 2.52 bits per heavy atom. The van der Waals surface area contributed by atoms with Gasteiger partial charge >= 0.3 is 0 Å². The number of aromatic nitrogens is 1. The molecule has 0 amide bonds. The molecular formula is C16H26N4O. The van der Waals surface area contributed by atoms with Crippen LogP contribution in [0.3, 0.4) is 0 Å². The van der Waals surface area contributed by atoms with Gasteiger partial charge in [0.25, 0.3) is 0 Å². The monoisotopic (exact) mass is 290 g/mol. The Balaban J connectivity index is 1.48. The van der Waals surface area contributed by atoms with Crippen LogP contribution in [0.4, 0.5) is 5.82 Å². The first-order valence-electron chi connectivity index (χ1n) is 8.06. The topological polar surface area (TPSA) is 65.6 Å². The first kappa shape index (κ1) is 14.8. The highest BCUT2D eigenvalue weighted by Gasteiger charge is 2.27. The molecule has 0 spiro atoms. The van der Waals surface area contributed by atoms with Crippen LogP contribution < -0.4 is 5.73 Å². The van der Waals surface area contributed by atoms with E-state index in [1.807, 2.05) is 6.07 Å². The molecule has 3 rings (SSSR count). The van der Waals surface area contributed by atoms with E-state index in [9.17, 15) is 5.11 Å². The van der Waals surface area contributed by atoms with Crippen LogP contribution in [0.1, 0.15) is 31.2 Å². The summed E-state index contributed by atoms with van der Waals surface area (Å²) in [6.45, 7) is 5.27. The molecule has 2 aliphatic heterocycles. The van der Waals surface area contributed by atoms with Crippen molar-refractivity contribution in [2.75, 3.05) is 31.9 Å². The van der Waals surface area contributed by atoms with Crippen molar-refractivity contribution in [2.24, 2.45) is 0 Å². The zero-order valence-corrected chi connectivity index (χ0v) is 12.6. The molecule has 0 aromatic carbocycles. The van der Waals surface area contributed by atoms with Gasteiger partial charge in [0.05, 0.1) is 6.10 Å².